The number of hydrogen-bond donors (Lipinski definition) is 1. The van der Waals surface area contributed by atoms with Crippen molar-refractivity contribution in [3.05, 3.63) is 35.9 Å². The number of likely N-dealkylation sites (tertiary alicyclic amines) is 2. The first-order valence-corrected chi connectivity index (χ1v) is 11.9. The molecule has 1 N–H and O–H groups in total. The molecule has 1 aromatic carbocycles. The van der Waals surface area contributed by atoms with Gasteiger partial charge in [-0.05, 0) is 44.2 Å². The monoisotopic (exact) mass is 413 g/mol. The molecule has 2 atom stereocenters. The van der Waals surface area contributed by atoms with Gasteiger partial charge in [0.1, 0.15) is 0 Å². The molecule has 0 aromatic heterocycles. The molecule has 1 aromatic rings. The third kappa shape index (κ3) is 5.96. The summed E-state index contributed by atoms with van der Waals surface area (Å²) in [5.74, 6) is 1.81. The van der Waals surface area contributed by atoms with Gasteiger partial charge < -0.3 is 19.9 Å². The topological polar surface area (TPSA) is 43.3 Å². The molecule has 0 radical (unpaired) electrons. The lowest BCUT2D eigenvalue weighted by Gasteiger charge is -2.32. The Morgan fingerprint density at radius 2 is 1.90 bits per heavy atom. The summed E-state index contributed by atoms with van der Waals surface area (Å²) in [6.45, 7) is 13.7. The molecule has 166 valence electrons. The van der Waals surface area contributed by atoms with Crippen LogP contribution in [0.4, 0.5) is 0 Å². The van der Waals surface area contributed by atoms with Crippen molar-refractivity contribution in [1.82, 2.24) is 20.0 Å². The highest BCUT2D eigenvalue weighted by molar-refractivity contribution is 5.80. The molecule has 3 saturated heterocycles. The van der Waals surface area contributed by atoms with Crippen LogP contribution >= 0.6 is 0 Å². The van der Waals surface area contributed by atoms with E-state index in [-0.39, 0.29) is 0 Å². The van der Waals surface area contributed by atoms with Crippen LogP contribution in [0.2, 0.25) is 0 Å². The molecule has 3 fully saturated rings. The van der Waals surface area contributed by atoms with E-state index in [0.717, 1.165) is 71.4 Å². The number of morpholine rings is 1. The number of rotatable bonds is 7. The lowest BCUT2D eigenvalue weighted by atomic mass is 10.1. The lowest BCUT2D eigenvalue weighted by Crippen LogP contribution is -2.46. The van der Waals surface area contributed by atoms with Gasteiger partial charge in [0.2, 0.25) is 0 Å². The molecular weight excluding hydrogens is 374 g/mol. The molecule has 0 bridgehead atoms. The number of ether oxygens (including phenoxy) is 1. The number of guanidine groups is 1. The van der Waals surface area contributed by atoms with Gasteiger partial charge in [-0.25, -0.2) is 0 Å². The zero-order chi connectivity index (χ0) is 20.6. The molecule has 0 spiro atoms. The molecule has 3 aliphatic rings. The SMILES string of the molecule is CCNC(=NCC1CCN(CCc2ccccc2)C1)N1CCC(N2CCOCC2)C1. The molecular formula is C24H39N5O. The van der Waals surface area contributed by atoms with Crippen LogP contribution in [-0.2, 0) is 11.2 Å². The van der Waals surface area contributed by atoms with E-state index >= 15 is 0 Å². The molecule has 6 nitrogen and oxygen atoms in total. The van der Waals surface area contributed by atoms with Crippen LogP contribution in [0.15, 0.2) is 35.3 Å². The van der Waals surface area contributed by atoms with E-state index in [4.69, 9.17) is 9.73 Å². The van der Waals surface area contributed by atoms with Crippen molar-refractivity contribution in [2.45, 2.75) is 32.2 Å². The first kappa shape index (κ1) is 21.6. The summed E-state index contributed by atoms with van der Waals surface area (Å²) in [5, 5.41) is 3.55. The average Bonchev–Trinajstić information content (AvgIpc) is 3.47. The second-order valence-corrected chi connectivity index (χ2v) is 8.92. The minimum atomic E-state index is 0.651. The van der Waals surface area contributed by atoms with E-state index in [9.17, 15) is 0 Å². The van der Waals surface area contributed by atoms with Crippen molar-refractivity contribution in [1.29, 1.82) is 0 Å². The largest absolute Gasteiger partial charge is 0.379 e. The van der Waals surface area contributed by atoms with Gasteiger partial charge in [0.25, 0.3) is 0 Å². The highest BCUT2D eigenvalue weighted by Gasteiger charge is 2.30. The lowest BCUT2D eigenvalue weighted by molar-refractivity contribution is 0.0195. The summed E-state index contributed by atoms with van der Waals surface area (Å²) in [5.41, 5.74) is 1.44. The second kappa shape index (κ2) is 11.1. The molecule has 3 heterocycles. The zero-order valence-electron chi connectivity index (χ0n) is 18.6. The predicted molar refractivity (Wildman–Crippen MR) is 123 cm³/mol. The molecule has 30 heavy (non-hydrogen) atoms. The molecule has 6 heteroatoms. The molecule has 2 unspecified atom stereocenters. The zero-order valence-corrected chi connectivity index (χ0v) is 18.6. The fraction of sp³-hybridized carbons (Fsp3) is 0.708. The van der Waals surface area contributed by atoms with Crippen LogP contribution in [-0.4, -0.2) is 98.8 Å². The van der Waals surface area contributed by atoms with Gasteiger partial charge in [0.05, 0.1) is 13.2 Å². The number of aliphatic imine (C=N–C) groups is 1. The van der Waals surface area contributed by atoms with Crippen molar-refractivity contribution in [2.24, 2.45) is 10.9 Å². The molecule has 0 amide bonds. The third-order valence-corrected chi connectivity index (χ3v) is 6.79. The summed E-state index contributed by atoms with van der Waals surface area (Å²) in [6, 6.07) is 11.5. The first-order chi connectivity index (χ1) is 14.8. The predicted octanol–water partition coefficient (Wildman–Crippen LogP) is 1.92. The maximum atomic E-state index is 5.52. The van der Waals surface area contributed by atoms with Crippen LogP contribution in [0.25, 0.3) is 0 Å². The number of nitrogens with zero attached hydrogens (tertiary/aromatic N) is 4. The van der Waals surface area contributed by atoms with Crippen molar-refractivity contribution in [2.75, 3.05) is 72.1 Å². The van der Waals surface area contributed by atoms with Crippen LogP contribution < -0.4 is 5.32 Å². The van der Waals surface area contributed by atoms with Crippen molar-refractivity contribution in [3.63, 3.8) is 0 Å². The number of benzene rings is 1. The molecule has 0 aliphatic carbocycles. The highest BCUT2D eigenvalue weighted by atomic mass is 16.5. The smallest absolute Gasteiger partial charge is 0.193 e. The Kier molecular flexibility index (Phi) is 8.01. The minimum Gasteiger partial charge on any atom is -0.379 e. The van der Waals surface area contributed by atoms with Crippen LogP contribution in [0.5, 0.6) is 0 Å². The van der Waals surface area contributed by atoms with Gasteiger partial charge in [-0.15, -0.1) is 0 Å². The van der Waals surface area contributed by atoms with Crippen LogP contribution in [0.3, 0.4) is 0 Å². The van der Waals surface area contributed by atoms with Crippen molar-refractivity contribution < 1.29 is 4.74 Å². The van der Waals surface area contributed by atoms with Gasteiger partial charge >= 0.3 is 0 Å². The Hall–Kier alpha value is -1.63. The highest BCUT2D eigenvalue weighted by Crippen LogP contribution is 2.19. The Labute approximate surface area is 182 Å². The van der Waals surface area contributed by atoms with E-state index in [1.807, 2.05) is 0 Å². The van der Waals surface area contributed by atoms with E-state index in [1.54, 1.807) is 0 Å². The van der Waals surface area contributed by atoms with Crippen LogP contribution in [0, 0.1) is 5.92 Å². The van der Waals surface area contributed by atoms with Gasteiger partial charge in [-0.3, -0.25) is 9.89 Å². The third-order valence-electron chi connectivity index (χ3n) is 6.79. The van der Waals surface area contributed by atoms with Gasteiger partial charge in [-0.2, -0.15) is 0 Å². The van der Waals surface area contributed by atoms with E-state index in [1.165, 1.54) is 31.5 Å². The Morgan fingerprint density at radius 3 is 2.70 bits per heavy atom. The maximum Gasteiger partial charge on any atom is 0.193 e. The maximum absolute atomic E-state index is 5.52. The van der Waals surface area contributed by atoms with Crippen molar-refractivity contribution >= 4 is 5.96 Å². The van der Waals surface area contributed by atoms with E-state index in [0.29, 0.717) is 12.0 Å². The first-order valence-electron chi connectivity index (χ1n) is 11.9. The fourth-order valence-electron chi connectivity index (χ4n) is 5.01. The Balaban J connectivity index is 1.24. The second-order valence-electron chi connectivity index (χ2n) is 8.92. The summed E-state index contributed by atoms with van der Waals surface area (Å²) in [4.78, 5) is 12.8. The summed E-state index contributed by atoms with van der Waals surface area (Å²) in [6.07, 6.45) is 3.66. The van der Waals surface area contributed by atoms with Crippen LogP contribution in [0.1, 0.15) is 25.3 Å². The quantitative estimate of drug-likeness (QED) is 0.547. The summed E-state index contributed by atoms with van der Waals surface area (Å²) in [7, 11) is 0. The average molecular weight is 414 g/mol. The van der Waals surface area contributed by atoms with Gasteiger partial charge in [0, 0.05) is 58.4 Å². The van der Waals surface area contributed by atoms with Gasteiger partial charge in [-0.1, -0.05) is 30.3 Å². The van der Waals surface area contributed by atoms with E-state index in [2.05, 4.69) is 57.3 Å². The standard InChI is InChI=1S/C24H39N5O/c1-2-25-24(29-13-10-23(20-29)28-14-16-30-17-15-28)26-18-22-9-12-27(19-22)11-8-21-6-4-3-5-7-21/h3-7,22-23H,2,8-20H2,1H3,(H,25,26). The molecule has 3 aliphatic heterocycles. The fourth-order valence-corrected chi connectivity index (χ4v) is 5.01. The molecule has 0 saturated carbocycles. The number of hydrogen-bond acceptors (Lipinski definition) is 4. The minimum absolute atomic E-state index is 0.651. The van der Waals surface area contributed by atoms with Gasteiger partial charge in [0.15, 0.2) is 5.96 Å². The Bertz CT molecular complexity index is 661. The summed E-state index contributed by atoms with van der Waals surface area (Å²) < 4.78 is 5.52. The summed E-state index contributed by atoms with van der Waals surface area (Å²) >= 11 is 0. The van der Waals surface area contributed by atoms with E-state index < -0.39 is 0 Å². The van der Waals surface area contributed by atoms with Crippen molar-refractivity contribution in [3.8, 4) is 0 Å². The normalized spacial score (nSPS) is 26.4. The Morgan fingerprint density at radius 1 is 1.07 bits per heavy atom. The molecule has 4 rings (SSSR count). The number of nitrogens with one attached hydrogen (secondary N) is 1.